The lowest BCUT2D eigenvalue weighted by molar-refractivity contribution is -0.100. The van der Waals surface area contributed by atoms with E-state index in [0.717, 1.165) is 19.8 Å². The first-order valence-electron chi connectivity index (χ1n) is 6.40. The Bertz CT molecular complexity index is 418. The van der Waals surface area contributed by atoms with Crippen molar-refractivity contribution in [1.29, 1.82) is 0 Å². The Labute approximate surface area is 101 Å². The monoisotopic (exact) mass is 230 g/mol. The lowest BCUT2D eigenvalue weighted by Gasteiger charge is -2.62. The number of nitrogens with zero attached hydrogens (tertiary/aromatic N) is 3. The van der Waals surface area contributed by atoms with Crippen molar-refractivity contribution in [2.24, 2.45) is 11.7 Å². The standard InChI is InChI=1S/C13H18N4/c14-12-10-5-16-7-13(12,8-17(6-10)9-16)11-3-1-2-4-15-11/h1-4,10,12H,5-9,14H2. The van der Waals surface area contributed by atoms with Gasteiger partial charge in [-0.2, -0.15) is 0 Å². The van der Waals surface area contributed by atoms with Gasteiger partial charge in [0.25, 0.3) is 0 Å². The van der Waals surface area contributed by atoms with E-state index in [0.29, 0.717) is 5.92 Å². The molecule has 0 aliphatic carbocycles. The first kappa shape index (κ1) is 10.00. The maximum atomic E-state index is 6.54. The predicted octanol–water partition coefficient (Wildman–Crippen LogP) is -0.135. The van der Waals surface area contributed by atoms with Crippen molar-refractivity contribution < 1.29 is 0 Å². The van der Waals surface area contributed by atoms with Gasteiger partial charge in [-0.3, -0.25) is 14.8 Å². The van der Waals surface area contributed by atoms with Gasteiger partial charge in [-0.05, 0) is 12.1 Å². The number of hydrogen-bond donors (Lipinski definition) is 1. The van der Waals surface area contributed by atoms with Crippen molar-refractivity contribution in [3.8, 4) is 0 Å². The maximum absolute atomic E-state index is 6.54. The number of pyridine rings is 1. The molecule has 0 saturated carbocycles. The van der Waals surface area contributed by atoms with Gasteiger partial charge in [0.05, 0.1) is 17.8 Å². The summed E-state index contributed by atoms with van der Waals surface area (Å²) in [7, 11) is 0. The molecule has 90 valence electrons. The van der Waals surface area contributed by atoms with E-state index in [1.165, 1.54) is 18.8 Å². The zero-order chi connectivity index (χ0) is 11.5. The summed E-state index contributed by atoms with van der Waals surface area (Å²) in [6, 6.07) is 6.48. The SMILES string of the molecule is NC1C2CN3CN(C2)CC1(c1ccccn1)C3. The van der Waals surface area contributed by atoms with Crippen molar-refractivity contribution in [1.82, 2.24) is 14.8 Å². The van der Waals surface area contributed by atoms with Crippen LogP contribution in [0.4, 0.5) is 0 Å². The minimum absolute atomic E-state index is 0.0701. The predicted molar refractivity (Wildman–Crippen MR) is 65.4 cm³/mol. The van der Waals surface area contributed by atoms with Gasteiger partial charge in [-0.15, -0.1) is 0 Å². The Morgan fingerprint density at radius 2 is 2.00 bits per heavy atom. The second-order valence-corrected chi connectivity index (χ2v) is 5.82. The van der Waals surface area contributed by atoms with Crippen LogP contribution in [0.25, 0.3) is 0 Å². The third-order valence-electron chi connectivity index (χ3n) is 4.72. The van der Waals surface area contributed by atoms with Crippen LogP contribution in [0.15, 0.2) is 24.4 Å². The largest absolute Gasteiger partial charge is 0.326 e. The minimum Gasteiger partial charge on any atom is -0.326 e. The van der Waals surface area contributed by atoms with E-state index in [9.17, 15) is 0 Å². The third-order valence-corrected chi connectivity index (χ3v) is 4.72. The van der Waals surface area contributed by atoms with Gasteiger partial charge in [0.2, 0.25) is 0 Å². The summed E-state index contributed by atoms with van der Waals surface area (Å²) in [6.07, 6.45) is 1.89. The smallest absolute Gasteiger partial charge is 0.0535 e. The average Bonchev–Trinajstić information content (AvgIpc) is 2.36. The van der Waals surface area contributed by atoms with Crippen LogP contribution in [0.5, 0.6) is 0 Å². The molecule has 1 aromatic heterocycles. The highest BCUT2D eigenvalue weighted by atomic mass is 15.4. The molecule has 3 atom stereocenters. The van der Waals surface area contributed by atoms with Gasteiger partial charge in [0.15, 0.2) is 0 Å². The lowest BCUT2D eigenvalue weighted by atomic mass is 9.64. The summed E-state index contributed by atoms with van der Waals surface area (Å²) in [5.41, 5.74) is 7.80. The molecule has 4 heteroatoms. The van der Waals surface area contributed by atoms with Gasteiger partial charge in [-0.25, -0.2) is 0 Å². The molecule has 4 bridgehead atoms. The van der Waals surface area contributed by atoms with Crippen LogP contribution in [-0.4, -0.2) is 53.7 Å². The highest BCUT2D eigenvalue weighted by molar-refractivity contribution is 5.28. The van der Waals surface area contributed by atoms with Crippen molar-refractivity contribution in [2.75, 3.05) is 32.8 Å². The summed E-state index contributed by atoms with van der Waals surface area (Å²) in [5, 5.41) is 0. The Hall–Kier alpha value is -0.970. The molecule has 4 fully saturated rings. The van der Waals surface area contributed by atoms with Crippen LogP contribution in [0, 0.1) is 5.92 Å². The Kier molecular flexibility index (Phi) is 1.93. The molecule has 0 radical (unpaired) electrons. The molecule has 5 heterocycles. The summed E-state index contributed by atoms with van der Waals surface area (Å²) in [5.74, 6) is 0.619. The van der Waals surface area contributed by atoms with E-state index < -0.39 is 0 Å². The van der Waals surface area contributed by atoms with E-state index >= 15 is 0 Å². The molecule has 1 aromatic rings. The number of piperidine rings is 2. The van der Waals surface area contributed by atoms with Crippen LogP contribution >= 0.6 is 0 Å². The van der Waals surface area contributed by atoms with Gasteiger partial charge in [-0.1, -0.05) is 6.07 Å². The summed E-state index contributed by atoms with van der Waals surface area (Å²) < 4.78 is 0. The normalized spacial score (nSPS) is 47.4. The van der Waals surface area contributed by atoms with E-state index in [1.807, 2.05) is 12.3 Å². The molecule has 0 amide bonds. The second kappa shape index (κ2) is 3.28. The highest BCUT2D eigenvalue weighted by Gasteiger charge is 2.56. The van der Waals surface area contributed by atoms with Crippen molar-refractivity contribution in [2.45, 2.75) is 11.5 Å². The quantitative estimate of drug-likeness (QED) is 0.730. The molecule has 4 saturated heterocycles. The summed E-state index contributed by atoms with van der Waals surface area (Å²) >= 11 is 0. The average molecular weight is 230 g/mol. The van der Waals surface area contributed by atoms with Gasteiger partial charge < -0.3 is 5.73 Å². The molecule has 2 N–H and O–H groups in total. The molecule has 0 spiro atoms. The fraction of sp³-hybridized carbons (Fsp3) is 0.615. The van der Waals surface area contributed by atoms with Gasteiger partial charge in [0, 0.05) is 44.3 Å². The summed E-state index contributed by atoms with van der Waals surface area (Å²) in [6.45, 7) is 5.63. The fourth-order valence-corrected chi connectivity index (χ4v) is 4.08. The van der Waals surface area contributed by atoms with Crippen molar-refractivity contribution in [3.63, 3.8) is 0 Å². The van der Waals surface area contributed by atoms with Crippen LogP contribution < -0.4 is 5.73 Å². The molecule has 4 aliphatic rings. The number of aromatic nitrogens is 1. The lowest BCUT2D eigenvalue weighted by Crippen LogP contribution is -2.77. The Morgan fingerprint density at radius 1 is 1.24 bits per heavy atom. The molecule has 3 unspecified atom stereocenters. The van der Waals surface area contributed by atoms with Gasteiger partial charge >= 0.3 is 0 Å². The number of nitrogens with two attached hydrogens (primary N) is 1. The van der Waals surface area contributed by atoms with E-state index in [2.05, 4.69) is 26.9 Å². The van der Waals surface area contributed by atoms with E-state index in [1.54, 1.807) is 0 Å². The van der Waals surface area contributed by atoms with Crippen LogP contribution in [0.2, 0.25) is 0 Å². The fourth-order valence-electron chi connectivity index (χ4n) is 4.08. The van der Waals surface area contributed by atoms with Crippen LogP contribution in [-0.2, 0) is 5.41 Å². The van der Waals surface area contributed by atoms with Crippen LogP contribution in [0.1, 0.15) is 5.69 Å². The zero-order valence-corrected chi connectivity index (χ0v) is 9.92. The minimum atomic E-state index is 0.0701. The third kappa shape index (κ3) is 1.26. The summed E-state index contributed by atoms with van der Waals surface area (Å²) in [4.78, 5) is 9.66. The molecular formula is C13H18N4. The number of hydrogen-bond acceptors (Lipinski definition) is 4. The van der Waals surface area contributed by atoms with Crippen molar-refractivity contribution in [3.05, 3.63) is 30.1 Å². The van der Waals surface area contributed by atoms with Crippen LogP contribution in [0.3, 0.4) is 0 Å². The zero-order valence-electron chi connectivity index (χ0n) is 9.92. The molecule has 4 aliphatic heterocycles. The maximum Gasteiger partial charge on any atom is 0.0535 e. The second-order valence-electron chi connectivity index (χ2n) is 5.82. The molecule has 0 aromatic carbocycles. The first-order chi connectivity index (χ1) is 8.28. The number of rotatable bonds is 1. The Morgan fingerprint density at radius 3 is 2.65 bits per heavy atom. The van der Waals surface area contributed by atoms with E-state index in [-0.39, 0.29) is 11.5 Å². The molecular weight excluding hydrogens is 212 g/mol. The topological polar surface area (TPSA) is 45.4 Å². The highest BCUT2D eigenvalue weighted by Crippen LogP contribution is 2.42. The molecule has 17 heavy (non-hydrogen) atoms. The van der Waals surface area contributed by atoms with Gasteiger partial charge in [0.1, 0.15) is 0 Å². The first-order valence-corrected chi connectivity index (χ1v) is 6.40. The Balaban J connectivity index is 1.81. The molecule has 4 nitrogen and oxygen atoms in total. The molecule has 5 rings (SSSR count). The van der Waals surface area contributed by atoms with E-state index in [4.69, 9.17) is 5.73 Å². The van der Waals surface area contributed by atoms with Crippen molar-refractivity contribution >= 4 is 0 Å².